The van der Waals surface area contributed by atoms with Crippen molar-refractivity contribution in [1.29, 1.82) is 0 Å². The Hall–Kier alpha value is -2.13. The molecule has 0 aliphatic carbocycles. The number of hydrogen-bond acceptors (Lipinski definition) is 5. The molecule has 1 aliphatic rings. The van der Waals surface area contributed by atoms with Gasteiger partial charge in [0.05, 0.1) is 5.02 Å². The van der Waals surface area contributed by atoms with Gasteiger partial charge in [-0.2, -0.15) is 4.31 Å². The van der Waals surface area contributed by atoms with Crippen LogP contribution >= 0.6 is 23.2 Å². The third kappa shape index (κ3) is 3.73. The fraction of sp³-hybridized carbons (Fsp3) is 0.222. The van der Waals surface area contributed by atoms with Crippen LogP contribution in [0.15, 0.2) is 60.0 Å². The number of aromatic nitrogens is 3. The number of rotatable bonds is 4. The molecule has 0 spiro atoms. The molecule has 0 bridgehead atoms. The zero-order valence-electron chi connectivity index (χ0n) is 14.7. The summed E-state index contributed by atoms with van der Waals surface area (Å²) >= 11 is 12.1. The molecule has 1 saturated heterocycles. The summed E-state index contributed by atoms with van der Waals surface area (Å²) in [5.74, 6) is 1.52. The first-order chi connectivity index (χ1) is 13.4. The highest BCUT2D eigenvalue weighted by molar-refractivity contribution is 7.89. The second kappa shape index (κ2) is 7.71. The van der Waals surface area contributed by atoms with Gasteiger partial charge in [0, 0.05) is 49.7 Å². The van der Waals surface area contributed by atoms with Gasteiger partial charge in [0.25, 0.3) is 0 Å². The molecule has 10 heteroatoms. The van der Waals surface area contributed by atoms with Crippen LogP contribution in [-0.4, -0.2) is 53.4 Å². The number of sulfonamides is 1. The molecule has 4 rings (SSSR count). The van der Waals surface area contributed by atoms with E-state index in [1.54, 1.807) is 6.07 Å². The second-order valence-corrected chi connectivity index (χ2v) is 9.04. The highest BCUT2D eigenvalue weighted by Crippen LogP contribution is 2.28. The summed E-state index contributed by atoms with van der Waals surface area (Å²) in [4.78, 5) is 10.7. The minimum Gasteiger partial charge on any atom is -0.354 e. The van der Waals surface area contributed by atoms with Gasteiger partial charge in [0.15, 0.2) is 0 Å². The molecule has 0 N–H and O–H groups in total. The van der Waals surface area contributed by atoms with Crippen LogP contribution in [0, 0.1) is 0 Å². The first kappa shape index (κ1) is 19.2. The van der Waals surface area contributed by atoms with Gasteiger partial charge in [-0.15, -0.1) is 0 Å². The Balaban J connectivity index is 1.51. The van der Waals surface area contributed by atoms with Crippen LogP contribution in [0.4, 0.5) is 5.82 Å². The first-order valence-corrected chi connectivity index (χ1v) is 10.8. The van der Waals surface area contributed by atoms with Crippen LogP contribution < -0.4 is 4.90 Å². The maximum atomic E-state index is 12.9. The largest absolute Gasteiger partial charge is 0.354 e. The van der Waals surface area contributed by atoms with E-state index in [-0.39, 0.29) is 9.92 Å². The normalized spacial score (nSPS) is 15.7. The van der Waals surface area contributed by atoms with Crippen LogP contribution in [-0.2, 0) is 10.0 Å². The van der Waals surface area contributed by atoms with Gasteiger partial charge in [0.1, 0.15) is 22.9 Å². The molecule has 146 valence electrons. The number of hydrogen-bond donors (Lipinski definition) is 0. The van der Waals surface area contributed by atoms with Crippen molar-refractivity contribution in [2.45, 2.75) is 4.90 Å². The van der Waals surface area contributed by atoms with Gasteiger partial charge < -0.3 is 9.47 Å². The summed E-state index contributed by atoms with van der Waals surface area (Å²) in [6, 6.07) is 10.2. The van der Waals surface area contributed by atoms with Crippen LogP contribution in [0.25, 0.3) is 5.82 Å². The third-order valence-electron chi connectivity index (χ3n) is 4.58. The quantitative estimate of drug-likeness (QED) is 0.626. The Morgan fingerprint density at radius 1 is 0.893 bits per heavy atom. The summed E-state index contributed by atoms with van der Waals surface area (Å²) in [5, 5.41) is 0.499. The van der Waals surface area contributed by atoms with Crippen molar-refractivity contribution in [1.82, 2.24) is 18.8 Å². The van der Waals surface area contributed by atoms with Crippen LogP contribution in [0.3, 0.4) is 0 Å². The Bertz CT molecular complexity index is 1080. The van der Waals surface area contributed by atoms with Gasteiger partial charge in [-0.25, -0.2) is 18.4 Å². The molecule has 2 aromatic heterocycles. The van der Waals surface area contributed by atoms with Gasteiger partial charge in [-0.05, 0) is 30.3 Å². The molecule has 0 atom stereocenters. The maximum absolute atomic E-state index is 12.9. The van der Waals surface area contributed by atoms with Crippen LogP contribution in [0.5, 0.6) is 0 Å². The molecule has 1 aliphatic heterocycles. The lowest BCUT2D eigenvalue weighted by Gasteiger charge is -2.34. The van der Waals surface area contributed by atoms with Crippen molar-refractivity contribution in [2.24, 2.45) is 0 Å². The molecular formula is C18H17Cl2N5O2S. The minimum atomic E-state index is -3.71. The molecule has 1 fully saturated rings. The fourth-order valence-electron chi connectivity index (χ4n) is 3.11. The Labute approximate surface area is 173 Å². The second-order valence-electron chi connectivity index (χ2n) is 6.29. The maximum Gasteiger partial charge on any atom is 0.244 e. The van der Waals surface area contributed by atoms with Crippen molar-refractivity contribution >= 4 is 39.0 Å². The number of benzene rings is 1. The fourth-order valence-corrected chi connectivity index (χ4v) is 5.27. The smallest absolute Gasteiger partial charge is 0.244 e. The number of nitrogens with zero attached hydrogens (tertiary/aromatic N) is 5. The summed E-state index contributed by atoms with van der Waals surface area (Å²) in [6.45, 7) is 1.68. The molecule has 3 heterocycles. The predicted molar refractivity (Wildman–Crippen MR) is 109 cm³/mol. The van der Waals surface area contributed by atoms with E-state index >= 15 is 0 Å². The van der Waals surface area contributed by atoms with E-state index in [4.69, 9.17) is 23.2 Å². The van der Waals surface area contributed by atoms with E-state index in [9.17, 15) is 8.42 Å². The first-order valence-electron chi connectivity index (χ1n) is 8.61. The lowest BCUT2D eigenvalue weighted by atomic mass is 10.3. The Morgan fingerprint density at radius 2 is 1.57 bits per heavy atom. The van der Waals surface area contributed by atoms with Crippen molar-refractivity contribution in [3.8, 4) is 5.82 Å². The lowest BCUT2D eigenvalue weighted by Crippen LogP contribution is -2.49. The average molecular weight is 438 g/mol. The Morgan fingerprint density at radius 3 is 2.29 bits per heavy atom. The predicted octanol–water partition coefficient (Wildman–Crippen LogP) is 3.09. The molecule has 3 aromatic rings. The summed E-state index contributed by atoms with van der Waals surface area (Å²) in [6.07, 6.45) is 5.33. The van der Waals surface area contributed by atoms with Gasteiger partial charge >= 0.3 is 0 Å². The molecule has 0 amide bonds. The summed E-state index contributed by atoms with van der Waals surface area (Å²) in [7, 11) is -3.71. The van der Waals surface area contributed by atoms with Gasteiger partial charge in [-0.1, -0.05) is 23.2 Å². The zero-order chi connectivity index (χ0) is 19.7. The van der Waals surface area contributed by atoms with Crippen LogP contribution in [0.2, 0.25) is 10.0 Å². The van der Waals surface area contributed by atoms with E-state index in [0.29, 0.717) is 31.2 Å². The zero-order valence-corrected chi connectivity index (χ0v) is 17.1. The van der Waals surface area contributed by atoms with E-state index < -0.39 is 10.0 Å². The van der Waals surface area contributed by atoms with Crippen molar-refractivity contribution < 1.29 is 8.42 Å². The van der Waals surface area contributed by atoms with E-state index in [2.05, 4.69) is 9.97 Å². The molecule has 0 saturated carbocycles. The number of piperazine rings is 1. The average Bonchev–Trinajstić information content (AvgIpc) is 3.25. The molecule has 28 heavy (non-hydrogen) atoms. The third-order valence-corrected chi connectivity index (χ3v) is 7.20. The Kier molecular flexibility index (Phi) is 5.29. The van der Waals surface area contributed by atoms with Gasteiger partial charge in [-0.3, -0.25) is 0 Å². The highest BCUT2D eigenvalue weighted by Gasteiger charge is 2.30. The molecular weight excluding hydrogens is 421 g/mol. The number of anilines is 1. The highest BCUT2D eigenvalue weighted by atomic mass is 35.5. The molecule has 0 radical (unpaired) electrons. The molecule has 0 unspecified atom stereocenters. The minimum absolute atomic E-state index is 0.0343. The topological polar surface area (TPSA) is 71.3 Å². The number of halogens is 2. The SMILES string of the molecule is O=S(=O)(c1cc(Cl)ccc1Cl)N1CCN(c2cc(-n3cccc3)ncn2)CC1. The monoisotopic (exact) mass is 437 g/mol. The van der Waals surface area contributed by atoms with Crippen molar-refractivity contribution in [3.63, 3.8) is 0 Å². The standard InChI is InChI=1S/C18H17Cl2N5O2S/c19-14-3-4-15(20)16(11-14)28(26,27)25-9-7-24(8-10-25)18-12-17(21-13-22-18)23-5-1-2-6-23/h1-6,11-13H,7-10H2. The van der Waals surface area contributed by atoms with E-state index in [1.807, 2.05) is 40.1 Å². The van der Waals surface area contributed by atoms with Crippen molar-refractivity contribution in [2.75, 3.05) is 31.1 Å². The van der Waals surface area contributed by atoms with E-state index in [0.717, 1.165) is 11.6 Å². The van der Waals surface area contributed by atoms with E-state index in [1.165, 1.54) is 22.8 Å². The lowest BCUT2D eigenvalue weighted by molar-refractivity contribution is 0.384. The van der Waals surface area contributed by atoms with Gasteiger partial charge in [0.2, 0.25) is 10.0 Å². The van der Waals surface area contributed by atoms with Crippen molar-refractivity contribution in [3.05, 3.63) is 65.2 Å². The molecule has 1 aromatic carbocycles. The molecule has 7 nitrogen and oxygen atoms in total. The summed E-state index contributed by atoms with van der Waals surface area (Å²) < 4.78 is 29.2. The van der Waals surface area contributed by atoms with Crippen LogP contribution in [0.1, 0.15) is 0 Å². The summed E-state index contributed by atoms with van der Waals surface area (Å²) in [5.41, 5.74) is 0.